The first-order valence-corrected chi connectivity index (χ1v) is 11.7. The lowest BCUT2D eigenvalue weighted by atomic mass is 9.86. The Balaban J connectivity index is 1.32. The van der Waals surface area contributed by atoms with Crippen molar-refractivity contribution < 1.29 is 9.59 Å². The lowest BCUT2D eigenvalue weighted by molar-refractivity contribution is -0.117. The molecule has 9 heteroatoms. The molecule has 3 amide bonds. The second-order valence-electron chi connectivity index (χ2n) is 7.56. The number of hydrogen-bond donors (Lipinski definition) is 2. The van der Waals surface area contributed by atoms with Gasteiger partial charge >= 0.3 is 6.03 Å². The molecule has 2 fully saturated rings. The van der Waals surface area contributed by atoms with Crippen molar-refractivity contribution in [2.24, 2.45) is 5.92 Å². The largest absolute Gasteiger partial charge is 0.335 e. The van der Waals surface area contributed by atoms with Gasteiger partial charge in [-0.05, 0) is 43.0 Å². The molecule has 2 aliphatic rings. The number of urea groups is 1. The Morgan fingerprint density at radius 2 is 2.07 bits per heavy atom. The minimum absolute atomic E-state index is 0.142. The molecule has 2 aromatic heterocycles. The molecule has 2 heterocycles. The number of imide groups is 1. The highest BCUT2D eigenvalue weighted by Gasteiger charge is 2.31. The van der Waals surface area contributed by atoms with Gasteiger partial charge in [0.05, 0.1) is 10.6 Å². The van der Waals surface area contributed by atoms with Crippen molar-refractivity contribution in [2.75, 3.05) is 5.75 Å². The molecule has 2 aromatic rings. The topological polar surface area (TPSA) is 88.9 Å². The summed E-state index contributed by atoms with van der Waals surface area (Å²) in [4.78, 5) is 25.5. The van der Waals surface area contributed by atoms with Crippen LogP contribution in [0.5, 0.6) is 0 Å². The highest BCUT2D eigenvalue weighted by atomic mass is 32.2. The standard InChI is InChI=1S/C19H25N5O2S2/c1-12-5-2-3-6-14(12)20-18(26)21-16(25)11-28-19-23-22-17(15-7-4-10-27-15)24(19)13-8-9-13/h4,7,10,12-14H,2-3,5-6,8-9,11H2,1H3,(H2,20,21,25,26)/t12-,14+/m1/s1. The number of amides is 3. The number of hydrogen-bond acceptors (Lipinski definition) is 6. The van der Waals surface area contributed by atoms with Crippen LogP contribution in [-0.2, 0) is 4.79 Å². The minimum atomic E-state index is -0.396. The summed E-state index contributed by atoms with van der Waals surface area (Å²) in [5.74, 6) is 1.15. The number of nitrogens with zero attached hydrogens (tertiary/aromatic N) is 3. The second-order valence-corrected chi connectivity index (χ2v) is 9.45. The first-order chi connectivity index (χ1) is 13.6. The predicted molar refractivity (Wildman–Crippen MR) is 110 cm³/mol. The second kappa shape index (κ2) is 8.65. The van der Waals surface area contributed by atoms with Crippen LogP contribution >= 0.6 is 23.1 Å². The van der Waals surface area contributed by atoms with E-state index in [9.17, 15) is 9.59 Å². The fourth-order valence-corrected chi connectivity index (χ4v) is 5.15. The van der Waals surface area contributed by atoms with Gasteiger partial charge in [-0.3, -0.25) is 14.7 Å². The van der Waals surface area contributed by atoms with E-state index >= 15 is 0 Å². The van der Waals surface area contributed by atoms with E-state index in [4.69, 9.17) is 0 Å². The van der Waals surface area contributed by atoms with E-state index < -0.39 is 6.03 Å². The van der Waals surface area contributed by atoms with Gasteiger partial charge in [-0.25, -0.2) is 4.79 Å². The number of nitrogens with one attached hydrogen (secondary N) is 2. The minimum Gasteiger partial charge on any atom is -0.335 e. The van der Waals surface area contributed by atoms with Gasteiger partial charge in [0.1, 0.15) is 0 Å². The number of rotatable bonds is 6. The predicted octanol–water partition coefficient (Wildman–Crippen LogP) is 3.84. The van der Waals surface area contributed by atoms with Crippen LogP contribution < -0.4 is 10.6 Å². The maximum Gasteiger partial charge on any atom is 0.321 e. The summed E-state index contributed by atoms with van der Waals surface area (Å²) >= 11 is 2.97. The van der Waals surface area contributed by atoms with E-state index in [0.717, 1.165) is 48.0 Å². The summed E-state index contributed by atoms with van der Waals surface area (Å²) in [7, 11) is 0. The Morgan fingerprint density at radius 1 is 1.25 bits per heavy atom. The Morgan fingerprint density at radius 3 is 2.79 bits per heavy atom. The summed E-state index contributed by atoms with van der Waals surface area (Å²) in [5.41, 5.74) is 0. The molecule has 0 aromatic carbocycles. The molecule has 0 radical (unpaired) electrons. The molecule has 7 nitrogen and oxygen atoms in total. The maximum atomic E-state index is 12.2. The number of aromatic nitrogens is 3. The van der Waals surface area contributed by atoms with E-state index in [1.807, 2.05) is 17.5 Å². The van der Waals surface area contributed by atoms with E-state index in [0.29, 0.717) is 12.0 Å². The SMILES string of the molecule is C[C@@H]1CCCC[C@@H]1NC(=O)NC(=O)CSc1nnc(-c2cccs2)n1C1CC1. The summed E-state index contributed by atoms with van der Waals surface area (Å²) < 4.78 is 2.13. The molecular formula is C19H25N5O2S2. The summed E-state index contributed by atoms with van der Waals surface area (Å²) in [6.45, 7) is 2.15. The Labute approximate surface area is 172 Å². The van der Waals surface area contributed by atoms with Crippen molar-refractivity contribution >= 4 is 35.0 Å². The molecular weight excluding hydrogens is 394 g/mol. The first-order valence-electron chi connectivity index (χ1n) is 9.83. The number of carbonyl (C=O) groups is 2. The highest BCUT2D eigenvalue weighted by Crippen LogP contribution is 2.41. The summed E-state index contributed by atoms with van der Waals surface area (Å²) in [6, 6.07) is 4.20. The van der Waals surface area contributed by atoms with Crippen molar-refractivity contribution in [3.05, 3.63) is 17.5 Å². The van der Waals surface area contributed by atoms with Gasteiger partial charge in [0.2, 0.25) is 5.91 Å². The quantitative estimate of drug-likeness (QED) is 0.695. The van der Waals surface area contributed by atoms with Gasteiger partial charge in [0.15, 0.2) is 11.0 Å². The first kappa shape index (κ1) is 19.4. The fraction of sp³-hybridized carbons (Fsp3) is 0.579. The molecule has 0 aliphatic heterocycles. The molecule has 0 bridgehead atoms. The van der Waals surface area contributed by atoms with Crippen molar-refractivity contribution in [2.45, 2.75) is 62.7 Å². The molecule has 150 valence electrons. The average molecular weight is 420 g/mol. The lowest BCUT2D eigenvalue weighted by Gasteiger charge is -2.29. The van der Waals surface area contributed by atoms with E-state index in [-0.39, 0.29) is 17.7 Å². The lowest BCUT2D eigenvalue weighted by Crippen LogP contribution is -2.48. The van der Waals surface area contributed by atoms with E-state index in [1.54, 1.807) is 11.3 Å². The zero-order valence-electron chi connectivity index (χ0n) is 15.9. The smallest absolute Gasteiger partial charge is 0.321 e. The molecule has 4 rings (SSSR count). The van der Waals surface area contributed by atoms with Crippen molar-refractivity contribution in [1.82, 2.24) is 25.4 Å². The number of thioether (sulfide) groups is 1. The fourth-order valence-electron chi connectivity index (χ4n) is 3.64. The Hall–Kier alpha value is -1.87. The van der Waals surface area contributed by atoms with Crippen LogP contribution in [0.15, 0.2) is 22.7 Å². The molecule has 0 saturated heterocycles. The molecule has 0 spiro atoms. The molecule has 2 saturated carbocycles. The van der Waals surface area contributed by atoms with Gasteiger partial charge in [-0.1, -0.05) is 37.6 Å². The van der Waals surface area contributed by atoms with Crippen LogP contribution in [0, 0.1) is 5.92 Å². The van der Waals surface area contributed by atoms with Gasteiger partial charge in [-0.15, -0.1) is 21.5 Å². The van der Waals surface area contributed by atoms with Crippen LogP contribution in [0.3, 0.4) is 0 Å². The van der Waals surface area contributed by atoms with Crippen molar-refractivity contribution in [3.8, 4) is 10.7 Å². The third kappa shape index (κ3) is 4.57. The van der Waals surface area contributed by atoms with Gasteiger partial charge in [0, 0.05) is 12.1 Å². The zero-order valence-corrected chi connectivity index (χ0v) is 17.5. The molecule has 28 heavy (non-hydrogen) atoms. The third-order valence-electron chi connectivity index (χ3n) is 5.33. The van der Waals surface area contributed by atoms with Crippen molar-refractivity contribution in [3.63, 3.8) is 0 Å². The van der Waals surface area contributed by atoms with Gasteiger partial charge < -0.3 is 5.32 Å². The number of carbonyl (C=O) groups excluding carboxylic acids is 2. The third-order valence-corrected chi connectivity index (χ3v) is 7.14. The Bertz CT molecular complexity index is 832. The normalized spacial score (nSPS) is 22.0. The maximum absolute atomic E-state index is 12.2. The number of thiophene rings is 1. The molecule has 2 N–H and O–H groups in total. The molecule has 2 aliphatic carbocycles. The van der Waals surface area contributed by atoms with Crippen LogP contribution in [0.1, 0.15) is 51.5 Å². The van der Waals surface area contributed by atoms with E-state index in [1.165, 1.54) is 18.2 Å². The van der Waals surface area contributed by atoms with Crippen LogP contribution in [0.25, 0.3) is 10.7 Å². The van der Waals surface area contributed by atoms with Gasteiger partial charge in [0.25, 0.3) is 0 Å². The van der Waals surface area contributed by atoms with Crippen LogP contribution in [-0.4, -0.2) is 38.5 Å². The van der Waals surface area contributed by atoms with E-state index in [2.05, 4.69) is 32.3 Å². The zero-order chi connectivity index (χ0) is 19.5. The average Bonchev–Trinajstić information content (AvgIpc) is 3.19. The highest BCUT2D eigenvalue weighted by molar-refractivity contribution is 7.99. The summed E-state index contributed by atoms with van der Waals surface area (Å²) in [6.07, 6.45) is 6.66. The van der Waals surface area contributed by atoms with Gasteiger partial charge in [-0.2, -0.15) is 0 Å². The molecule has 2 atom stereocenters. The van der Waals surface area contributed by atoms with Crippen LogP contribution in [0.2, 0.25) is 0 Å². The Kier molecular flexibility index (Phi) is 6.01. The molecule has 0 unspecified atom stereocenters. The van der Waals surface area contributed by atoms with Crippen LogP contribution in [0.4, 0.5) is 4.79 Å². The summed E-state index contributed by atoms with van der Waals surface area (Å²) in [5, 5.41) is 16.8. The monoisotopic (exact) mass is 419 g/mol. The van der Waals surface area contributed by atoms with Crippen molar-refractivity contribution in [1.29, 1.82) is 0 Å².